The van der Waals surface area contributed by atoms with Gasteiger partial charge in [0.2, 0.25) is 17.0 Å². The zero-order chi connectivity index (χ0) is 19.7. The first-order chi connectivity index (χ1) is 13.5. The maximum atomic E-state index is 12.7. The molecule has 2 aromatic rings. The third-order valence-corrected chi connectivity index (χ3v) is 6.89. The Morgan fingerprint density at radius 3 is 2.86 bits per heavy atom. The predicted molar refractivity (Wildman–Crippen MR) is 109 cm³/mol. The summed E-state index contributed by atoms with van der Waals surface area (Å²) in [5.41, 5.74) is 3.06. The van der Waals surface area contributed by atoms with E-state index in [1.54, 1.807) is 21.3 Å². The SMILES string of the molecule is Cc1ccc(NC(=O)C2CSCN2C(=O)CSc2nnnn2C2CC2)cc1C. The molecule has 1 aromatic carbocycles. The van der Waals surface area contributed by atoms with Crippen molar-refractivity contribution in [2.45, 2.75) is 43.9 Å². The Balaban J connectivity index is 1.36. The summed E-state index contributed by atoms with van der Waals surface area (Å²) in [4.78, 5) is 27.1. The van der Waals surface area contributed by atoms with E-state index in [-0.39, 0.29) is 17.6 Å². The van der Waals surface area contributed by atoms with Gasteiger partial charge in [0.25, 0.3) is 0 Å². The second kappa shape index (κ2) is 8.12. The Kier molecular flexibility index (Phi) is 5.58. The van der Waals surface area contributed by atoms with Gasteiger partial charge in [-0.1, -0.05) is 17.8 Å². The number of benzene rings is 1. The summed E-state index contributed by atoms with van der Waals surface area (Å²) in [6, 6.07) is 5.74. The molecule has 2 aliphatic rings. The average Bonchev–Trinajstić information content (AvgIpc) is 3.20. The number of tetrazole rings is 1. The third kappa shape index (κ3) is 4.17. The van der Waals surface area contributed by atoms with Crippen molar-refractivity contribution in [3.63, 3.8) is 0 Å². The number of amides is 2. The van der Waals surface area contributed by atoms with Gasteiger partial charge in [-0.2, -0.15) is 0 Å². The van der Waals surface area contributed by atoms with Crippen LogP contribution in [-0.2, 0) is 9.59 Å². The second-order valence-corrected chi connectivity index (χ2v) is 9.04. The highest BCUT2D eigenvalue weighted by atomic mass is 32.2. The van der Waals surface area contributed by atoms with Gasteiger partial charge in [0.1, 0.15) is 6.04 Å². The number of thioether (sulfide) groups is 2. The van der Waals surface area contributed by atoms with E-state index in [0.717, 1.165) is 24.1 Å². The number of hydrogen-bond acceptors (Lipinski definition) is 7. The number of hydrogen-bond donors (Lipinski definition) is 1. The van der Waals surface area contributed by atoms with Crippen LogP contribution in [-0.4, -0.2) is 60.3 Å². The van der Waals surface area contributed by atoms with Crippen molar-refractivity contribution in [2.24, 2.45) is 0 Å². The molecule has 0 radical (unpaired) electrons. The fourth-order valence-electron chi connectivity index (χ4n) is 2.99. The van der Waals surface area contributed by atoms with Crippen LogP contribution in [0.25, 0.3) is 0 Å². The molecule has 8 nitrogen and oxygen atoms in total. The number of aryl methyl sites for hydroxylation is 2. The van der Waals surface area contributed by atoms with Gasteiger partial charge in [-0.3, -0.25) is 9.59 Å². The molecule has 10 heteroatoms. The Morgan fingerprint density at radius 2 is 2.11 bits per heavy atom. The lowest BCUT2D eigenvalue weighted by atomic mass is 10.1. The molecule has 1 saturated heterocycles. The first-order valence-electron chi connectivity index (χ1n) is 9.19. The van der Waals surface area contributed by atoms with E-state index >= 15 is 0 Å². The molecule has 1 unspecified atom stereocenters. The van der Waals surface area contributed by atoms with Crippen LogP contribution in [0.4, 0.5) is 5.69 Å². The molecule has 148 valence electrons. The maximum Gasteiger partial charge on any atom is 0.248 e. The first kappa shape index (κ1) is 19.3. The molecular formula is C18H22N6O2S2. The molecule has 1 saturated carbocycles. The number of carbonyl (C=O) groups excluding carboxylic acids is 2. The van der Waals surface area contributed by atoms with Crippen LogP contribution >= 0.6 is 23.5 Å². The van der Waals surface area contributed by atoms with Crippen molar-refractivity contribution in [2.75, 3.05) is 22.7 Å². The van der Waals surface area contributed by atoms with E-state index in [1.807, 2.05) is 32.0 Å². The number of rotatable bonds is 6. The monoisotopic (exact) mass is 418 g/mol. The minimum absolute atomic E-state index is 0.0689. The van der Waals surface area contributed by atoms with Crippen molar-refractivity contribution >= 4 is 41.0 Å². The number of carbonyl (C=O) groups is 2. The molecule has 28 heavy (non-hydrogen) atoms. The maximum absolute atomic E-state index is 12.7. The van der Waals surface area contributed by atoms with E-state index in [4.69, 9.17) is 0 Å². The van der Waals surface area contributed by atoms with Crippen LogP contribution < -0.4 is 5.32 Å². The lowest BCUT2D eigenvalue weighted by Crippen LogP contribution is -2.45. The van der Waals surface area contributed by atoms with Crippen LogP contribution in [0.15, 0.2) is 23.4 Å². The highest BCUT2D eigenvalue weighted by Crippen LogP contribution is 2.36. The Labute approximate surface area is 171 Å². The van der Waals surface area contributed by atoms with Gasteiger partial charge in [0.15, 0.2) is 0 Å². The quantitative estimate of drug-likeness (QED) is 0.719. The van der Waals surface area contributed by atoms with E-state index in [1.165, 1.54) is 17.3 Å². The lowest BCUT2D eigenvalue weighted by molar-refractivity contribution is -0.134. The van der Waals surface area contributed by atoms with Gasteiger partial charge in [-0.15, -0.1) is 16.9 Å². The zero-order valence-corrected chi connectivity index (χ0v) is 17.4. The number of nitrogens with zero attached hydrogens (tertiary/aromatic N) is 5. The third-order valence-electron chi connectivity index (χ3n) is 4.96. The van der Waals surface area contributed by atoms with Gasteiger partial charge >= 0.3 is 0 Å². The van der Waals surface area contributed by atoms with Crippen molar-refractivity contribution in [1.29, 1.82) is 0 Å². The summed E-state index contributed by atoms with van der Waals surface area (Å²) in [7, 11) is 0. The number of aromatic nitrogens is 4. The molecule has 1 aliphatic carbocycles. The smallest absolute Gasteiger partial charge is 0.248 e. The van der Waals surface area contributed by atoms with Gasteiger partial charge in [0.05, 0.1) is 17.7 Å². The Bertz CT molecular complexity index is 898. The molecule has 2 fully saturated rings. The van der Waals surface area contributed by atoms with Gasteiger partial charge in [-0.05, 0) is 60.4 Å². The van der Waals surface area contributed by atoms with E-state index in [2.05, 4.69) is 20.8 Å². The van der Waals surface area contributed by atoms with Crippen LogP contribution in [0.2, 0.25) is 0 Å². The predicted octanol–water partition coefficient (Wildman–Crippen LogP) is 2.26. The molecule has 1 atom stereocenters. The minimum atomic E-state index is -0.459. The van der Waals surface area contributed by atoms with Gasteiger partial charge < -0.3 is 10.2 Å². The van der Waals surface area contributed by atoms with E-state index in [0.29, 0.717) is 22.8 Å². The Morgan fingerprint density at radius 1 is 1.29 bits per heavy atom. The van der Waals surface area contributed by atoms with Crippen molar-refractivity contribution in [3.8, 4) is 0 Å². The van der Waals surface area contributed by atoms with Crippen molar-refractivity contribution in [1.82, 2.24) is 25.1 Å². The fraction of sp³-hybridized carbons (Fsp3) is 0.500. The molecule has 2 heterocycles. The summed E-state index contributed by atoms with van der Waals surface area (Å²) in [6.45, 7) is 4.05. The Hall–Kier alpha value is -2.07. The zero-order valence-electron chi connectivity index (χ0n) is 15.8. The second-order valence-electron chi connectivity index (χ2n) is 7.09. The largest absolute Gasteiger partial charge is 0.324 e. The van der Waals surface area contributed by atoms with Crippen molar-refractivity contribution < 1.29 is 9.59 Å². The topological polar surface area (TPSA) is 93.0 Å². The standard InChI is InChI=1S/C18H22N6O2S2/c1-11-3-4-13(7-12(11)2)19-17(26)15-8-27-10-23(15)16(25)9-28-18-20-21-22-24(18)14-5-6-14/h3-4,7,14-15H,5-6,8-10H2,1-2H3,(H,19,26). The van der Waals surface area contributed by atoms with Crippen LogP contribution in [0.5, 0.6) is 0 Å². The number of nitrogens with one attached hydrogen (secondary N) is 1. The summed E-state index contributed by atoms with van der Waals surface area (Å²) >= 11 is 2.93. The molecule has 4 rings (SSSR count). The lowest BCUT2D eigenvalue weighted by Gasteiger charge is -2.23. The van der Waals surface area contributed by atoms with E-state index in [9.17, 15) is 9.59 Å². The van der Waals surface area contributed by atoms with Crippen LogP contribution in [0.3, 0.4) is 0 Å². The van der Waals surface area contributed by atoms with Crippen LogP contribution in [0, 0.1) is 13.8 Å². The molecule has 1 aliphatic heterocycles. The molecule has 1 aromatic heterocycles. The fourth-order valence-corrected chi connectivity index (χ4v) is 5.00. The molecule has 2 amide bonds. The molecule has 0 spiro atoms. The first-order valence-corrected chi connectivity index (χ1v) is 11.3. The summed E-state index contributed by atoms with van der Waals surface area (Å²) in [6.07, 6.45) is 2.16. The normalized spacial score (nSPS) is 19.1. The molecule has 0 bridgehead atoms. The van der Waals surface area contributed by atoms with Crippen molar-refractivity contribution in [3.05, 3.63) is 29.3 Å². The highest BCUT2D eigenvalue weighted by molar-refractivity contribution is 8.00. The number of anilines is 1. The summed E-state index contributed by atoms with van der Waals surface area (Å²) in [5, 5.41) is 15.3. The summed E-state index contributed by atoms with van der Waals surface area (Å²) < 4.78 is 1.79. The summed E-state index contributed by atoms with van der Waals surface area (Å²) in [5.74, 6) is 1.14. The molecule has 1 N–H and O–H groups in total. The van der Waals surface area contributed by atoms with Crippen LogP contribution in [0.1, 0.15) is 30.0 Å². The highest BCUT2D eigenvalue weighted by Gasteiger charge is 2.35. The minimum Gasteiger partial charge on any atom is -0.324 e. The van der Waals surface area contributed by atoms with E-state index < -0.39 is 6.04 Å². The van der Waals surface area contributed by atoms with Gasteiger partial charge in [0, 0.05) is 11.4 Å². The average molecular weight is 419 g/mol. The van der Waals surface area contributed by atoms with Gasteiger partial charge in [-0.25, -0.2) is 4.68 Å². The molecular weight excluding hydrogens is 396 g/mol.